The molecule has 1 saturated heterocycles. The molecule has 1 amide bonds. The van der Waals surface area contributed by atoms with Crippen molar-refractivity contribution >= 4 is 5.91 Å². The van der Waals surface area contributed by atoms with E-state index in [4.69, 9.17) is 14.2 Å². The van der Waals surface area contributed by atoms with E-state index >= 15 is 0 Å². The minimum atomic E-state index is -0.462. The van der Waals surface area contributed by atoms with Crippen LogP contribution in [-0.2, 0) is 20.7 Å². The maximum atomic E-state index is 12.0. The summed E-state index contributed by atoms with van der Waals surface area (Å²) in [6, 6.07) is 19.3. The summed E-state index contributed by atoms with van der Waals surface area (Å²) in [5.41, 5.74) is 1.18. The molecule has 1 aliphatic rings. The largest absolute Gasteiger partial charge is 0.465 e. The molecule has 0 spiro atoms. The van der Waals surface area contributed by atoms with Crippen LogP contribution in [-0.4, -0.2) is 31.5 Å². The number of amides is 1. The summed E-state index contributed by atoms with van der Waals surface area (Å²) in [6.45, 7) is 0.860. The minimum absolute atomic E-state index is 0.0778. The van der Waals surface area contributed by atoms with Crippen molar-refractivity contribution in [2.24, 2.45) is 0 Å². The van der Waals surface area contributed by atoms with Crippen LogP contribution >= 0.6 is 0 Å². The van der Waals surface area contributed by atoms with Crippen LogP contribution in [0.3, 0.4) is 0 Å². The average Bonchev–Trinajstić information content (AvgIpc) is 2.64. The van der Waals surface area contributed by atoms with Gasteiger partial charge in [0, 0.05) is 12.5 Å². The van der Waals surface area contributed by atoms with Crippen molar-refractivity contribution in [2.75, 3.05) is 13.2 Å². The summed E-state index contributed by atoms with van der Waals surface area (Å²) >= 11 is 0. The van der Waals surface area contributed by atoms with E-state index < -0.39 is 6.23 Å². The Morgan fingerprint density at radius 3 is 2.56 bits per heavy atom. The Hall–Kier alpha value is -2.63. The zero-order valence-corrected chi connectivity index (χ0v) is 13.8. The third-order valence-corrected chi connectivity index (χ3v) is 3.71. The third kappa shape index (κ3) is 5.74. The Morgan fingerprint density at radius 1 is 1.08 bits per heavy atom. The van der Waals surface area contributed by atoms with E-state index in [0.717, 1.165) is 6.42 Å². The first-order chi connectivity index (χ1) is 12.3. The van der Waals surface area contributed by atoms with E-state index in [2.05, 4.69) is 17.4 Å². The average molecular weight is 339 g/mol. The van der Waals surface area contributed by atoms with Crippen molar-refractivity contribution in [2.45, 2.75) is 18.8 Å². The van der Waals surface area contributed by atoms with Crippen LogP contribution in [0.25, 0.3) is 0 Å². The zero-order chi connectivity index (χ0) is 17.3. The van der Waals surface area contributed by atoms with Crippen LogP contribution in [0.4, 0.5) is 0 Å². The molecule has 2 unspecified atom stereocenters. The second kappa shape index (κ2) is 9.01. The van der Waals surface area contributed by atoms with Gasteiger partial charge in [-0.05, 0) is 17.7 Å². The normalized spacial score (nSPS) is 20.3. The van der Waals surface area contributed by atoms with Gasteiger partial charge in [0.05, 0.1) is 25.6 Å². The number of hydrogen-bond donors (Lipinski definition) is 1. The molecule has 2 aromatic carbocycles. The minimum Gasteiger partial charge on any atom is -0.465 e. The van der Waals surface area contributed by atoms with Crippen LogP contribution in [0, 0.1) is 0 Å². The molecule has 2 atom stereocenters. The molecule has 1 heterocycles. The molecule has 1 aliphatic heterocycles. The van der Waals surface area contributed by atoms with Crippen molar-refractivity contribution in [3.05, 3.63) is 78.6 Å². The first-order valence-electron chi connectivity index (χ1n) is 8.25. The van der Waals surface area contributed by atoms with E-state index in [1.54, 1.807) is 0 Å². The summed E-state index contributed by atoms with van der Waals surface area (Å²) in [5, 5.41) is 2.77. The number of benzene rings is 2. The fourth-order valence-electron chi connectivity index (χ4n) is 2.56. The van der Waals surface area contributed by atoms with Gasteiger partial charge in [-0.2, -0.15) is 0 Å². The second-order valence-corrected chi connectivity index (χ2v) is 5.72. The first-order valence-corrected chi connectivity index (χ1v) is 8.25. The predicted molar refractivity (Wildman–Crippen MR) is 94.0 cm³/mol. The lowest BCUT2D eigenvalue weighted by Crippen LogP contribution is -2.47. The quantitative estimate of drug-likeness (QED) is 0.649. The number of rotatable bonds is 6. The molecule has 0 aromatic heterocycles. The molecular formula is C20H21NO4. The molecule has 0 aliphatic carbocycles. The lowest BCUT2D eigenvalue weighted by Gasteiger charge is -2.30. The van der Waals surface area contributed by atoms with Gasteiger partial charge in [0.2, 0.25) is 5.91 Å². The van der Waals surface area contributed by atoms with Gasteiger partial charge in [0.25, 0.3) is 0 Å². The molecule has 0 saturated carbocycles. The van der Waals surface area contributed by atoms with Crippen LogP contribution in [0.15, 0.2) is 73.0 Å². The topological polar surface area (TPSA) is 56.8 Å². The highest BCUT2D eigenvalue weighted by Gasteiger charge is 2.24. The number of para-hydroxylation sites is 1. The number of carbonyl (C=O) groups is 1. The number of carbonyl (C=O) groups excluding carboxylic acids is 1. The van der Waals surface area contributed by atoms with Crippen LogP contribution in [0.2, 0.25) is 0 Å². The Labute approximate surface area is 147 Å². The van der Waals surface area contributed by atoms with Gasteiger partial charge in [-0.1, -0.05) is 48.5 Å². The molecule has 1 fully saturated rings. The van der Waals surface area contributed by atoms with Gasteiger partial charge in [0.15, 0.2) is 6.23 Å². The molecule has 5 nitrogen and oxygen atoms in total. The highest BCUT2D eigenvalue weighted by molar-refractivity contribution is 5.87. The summed E-state index contributed by atoms with van der Waals surface area (Å²) in [6.07, 6.45) is 2.90. The smallest absolute Gasteiger partial charge is 0.249 e. The molecule has 3 rings (SSSR count). The monoisotopic (exact) mass is 339 g/mol. The second-order valence-electron chi connectivity index (χ2n) is 5.72. The molecule has 130 valence electrons. The Bertz CT molecular complexity index is 687. The van der Waals surface area contributed by atoms with E-state index in [-0.39, 0.29) is 12.0 Å². The van der Waals surface area contributed by atoms with Gasteiger partial charge in [-0.25, -0.2) is 0 Å². The van der Waals surface area contributed by atoms with Gasteiger partial charge in [-0.15, -0.1) is 0 Å². The summed E-state index contributed by atoms with van der Waals surface area (Å²) < 4.78 is 16.8. The van der Waals surface area contributed by atoms with Crippen molar-refractivity contribution in [1.82, 2.24) is 5.32 Å². The Kier molecular flexibility index (Phi) is 6.20. The van der Waals surface area contributed by atoms with Crippen LogP contribution in [0.5, 0.6) is 5.75 Å². The predicted octanol–water partition coefficient (Wildman–Crippen LogP) is 2.68. The standard InChI is InChI=1S/C20H21NO4/c22-19(11-12-24-17-9-5-2-6-10-17)21-20-15-23-14-18(25-20)13-16-7-3-1-4-8-16/h1-12,18,20H,13-15H2,(H,21,22). The summed E-state index contributed by atoms with van der Waals surface area (Å²) in [5.74, 6) is 0.386. The highest BCUT2D eigenvalue weighted by atomic mass is 16.6. The molecular weight excluding hydrogens is 318 g/mol. The molecule has 1 N–H and O–H groups in total. The Balaban J connectivity index is 1.44. The molecule has 0 radical (unpaired) electrons. The van der Waals surface area contributed by atoms with Crippen molar-refractivity contribution < 1.29 is 19.0 Å². The maximum Gasteiger partial charge on any atom is 0.249 e. The fourth-order valence-corrected chi connectivity index (χ4v) is 2.56. The van der Waals surface area contributed by atoms with Gasteiger partial charge >= 0.3 is 0 Å². The molecule has 2 aromatic rings. The molecule has 5 heteroatoms. The SMILES string of the molecule is O=C(C=COc1ccccc1)NC1COCC(Cc2ccccc2)O1. The van der Waals surface area contributed by atoms with Crippen LogP contribution < -0.4 is 10.1 Å². The van der Waals surface area contributed by atoms with Crippen molar-refractivity contribution in [1.29, 1.82) is 0 Å². The number of nitrogens with one attached hydrogen (secondary N) is 1. The third-order valence-electron chi connectivity index (χ3n) is 3.71. The fraction of sp³-hybridized carbons (Fsp3) is 0.250. The van der Waals surface area contributed by atoms with Crippen molar-refractivity contribution in [3.8, 4) is 5.75 Å². The van der Waals surface area contributed by atoms with Gasteiger partial charge in [0.1, 0.15) is 5.75 Å². The lowest BCUT2D eigenvalue weighted by atomic mass is 10.1. The summed E-state index contributed by atoms with van der Waals surface area (Å²) in [4.78, 5) is 12.0. The van der Waals surface area contributed by atoms with E-state index in [9.17, 15) is 4.79 Å². The summed E-state index contributed by atoms with van der Waals surface area (Å²) in [7, 11) is 0. The highest BCUT2D eigenvalue weighted by Crippen LogP contribution is 2.12. The maximum absolute atomic E-state index is 12.0. The molecule has 0 bridgehead atoms. The van der Waals surface area contributed by atoms with Gasteiger partial charge < -0.3 is 19.5 Å². The van der Waals surface area contributed by atoms with Crippen molar-refractivity contribution in [3.63, 3.8) is 0 Å². The van der Waals surface area contributed by atoms with E-state index in [1.807, 2.05) is 48.5 Å². The van der Waals surface area contributed by atoms with Gasteiger partial charge in [-0.3, -0.25) is 4.79 Å². The Morgan fingerprint density at radius 2 is 1.80 bits per heavy atom. The molecule has 25 heavy (non-hydrogen) atoms. The number of ether oxygens (including phenoxy) is 3. The first kappa shape index (κ1) is 17.2. The zero-order valence-electron chi connectivity index (χ0n) is 13.8. The van der Waals surface area contributed by atoms with E-state index in [0.29, 0.717) is 19.0 Å². The number of hydrogen-bond acceptors (Lipinski definition) is 4. The van der Waals surface area contributed by atoms with Crippen LogP contribution in [0.1, 0.15) is 5.56 Å². The van der Waals surface area contributed by atoms with E-state index in [1.165, 1.54) is 17.9 Å². The lowest BCUT2D eigenvalue weighted by molar-refractivity contribution is -0.155.